The zero-order valence-electron chi connectivity index (χ0n) is 17.4. The van der Waals surface area contributed by atoms with Crippen LogP contribution in [0, 0.1) is 0 Å². The largest absolute Gasteiger partial charge is 0.379 e. The van der Waals surface area contributed by atoms with Gasteiger partial charge in [-0.1, -0.05) is 59.6 Å². The molecule has 1 unspecified atom stereocenters. The lowest BCUT2D eigenvalue weighted by Crippen LogP contribution is -2.47. The smallest absolute Gasteiger partial charge is 0.251 e. The molecule has 164 valence electrons. The molecule has 2 saturated heterocycles. The summed E-state index contributed by atoms with van der Waals surface area (Å²) in [6.45, 7) is 5.85. The van der Waals surface area contributed by atoms with Crippen molar-refractivity contribution in [2.24, 2.45) is 0 Å². The third kappa shape index (κ3) is 9.92. The summed E-state index contributed by atoms with van der Waals surface area (Å²) in [6, 6.07) is 18.9. The first-order chi connectivity index (χ1) is 14.6. The molecule has 0 spiro atoms. The molecule has 2 aliphatic rings. The zero-order chi connectivity index (χ0) is 21.6. The second-order valence-electron chi connectivity index (χ2n) is 6.95. The van der Waals surface area contributed by atoms with Crippen LogP contribution in [-0.2, 0) is 14.3 Å². The van der Waals surface area contributed by atoms with Crippen LogP contribution in [0.25, 0.3) is 0 Å². The minimum absolute atomic E-state index is 0.125. The van der Waals surface area contributed by atoms with Crippen LogP contribution in [-0.4, -0.2) is 74.9 Å². The minimum Gasteiger partial charge on any atom is -0.379 e. The lowest BCUT2D eigenvalue weighted by atomic mass is 10.2. The van der Waals surface area contributed by atoms with E-state index >= 15 is 0 Å². The van der Waals surface area contributed by atoms with Gasteiger partial charge in [-0.25, -0.2) is 0 Å². The van der Waals surface area contributed by atoms with E-state index in [1.165, 1.54) is 0 Å². The Morgan fingerprint density at radius 1 is 0.867 bits per heavy atom. The van der Waals surface area contributed by atoms with Gasteiger partial charge in [-0.2, -0.15) is 0 Å². The summed E-state index contributed by atoms with van der Waals surface area (Å²) in [5.74, 6) is 0.125. The van der Waals surface area contributed by atoms with Crippen molar-refractivity contribution in [3.8, 4) is 0 Å². The Labute approximate surface area is 189 Å². The highest BCUT2D eigenvalue weighted by molar-refractivity contribution is 6.30. The van der Waals surface area contributed by atoms with E-state index in [-0.39, 0.29) is 12.0 Å². The average molecular weight is 453 g/mol. The number of carbonyl (C=O) groups is 1. The molecule has 2 aromatic rings. The minimum atomic E-state index is -0.235. The third-order valence-electron chi connectivity index (χ3n) is 4.67. The van der Waals surface area contributed by atoms with Crippen molar-refractivity contribution < 1.29 is 14.3 Å². The molecule has 2 heterocycles. The van der Waals surface area contributed by atoms with Crippen LogP contribution in [0.3, 0.4) is 0 Å². The number of morpholine rings is 2. The van der Waals surface area contributed by atoms with E-state index in [2.05, 4.69) is 4.90 Å². The Morgan fingerprint density at radius 2 is 1.40 bits per heavy atom. The topological polar surface area (TPSA) is 42.0 Å². The van der Waals surface area contributed by atoms with Gasteiger partial charge in [0.2, 0.25) is 0 Å². The number of hydrogen-bond acceptors (Lipinski definition) is 4. The highest BCUT2D eigenvalue weighted by Gasteiger charge is 2.27. The van der Waals surface area contributed by atoms with Gasteiger partial charge in [0.25, 0.3) is 5.91 Å². The third-order valence-corrected chi connectivity index (χ3v) is 5.18. The van der Waals surface area contributed by atoms with Crippen molar-refractivity contribution in [2.45, 2.75) is 12.5 Å². The average Bonchev–Trinajstić information content (AvgIpc) is 2.77. The fourth-order valence-corrected chi connectivity index (χ4v) is 3.21. The Kier molecular flexibility index (Phi) is 11.8. The highest BCUT2D eigenvalue weighted by Crippen LogP contribution is 2.10. The normalized spacial score (nSPS) is 19.2. The van der Waals surface area contributed by atoms with E-state index in [0.29, 0.717) is 13.2 Å². The van der Waals surface area contributed by atoms with Crippen LogP contribution in [0.4, 0.5) is 0 Å². The number of hydrogen-bond donors (Lipinski definition) is 0. The molecule has 0 N–H and O–H groups in total. The molecule has 5 nitrogen and oxygen atoms in total. The Bertz CT molecular complexity index is 675. The van der Waals surface area contributed by atoms with Gasteiger partial charge in [-0.05, 0) is 30.7 Å². The van der Waals surface area contributed by atoms with Crippen LogP contribution in [0.15, 0.2) is 60.7 Å². The van der Waals surface area contributed by atoms with Crippen LogP contribution >= 0.6 is 23.2 Å². The summed E-state index contributed by atoms with van der Waals surface area (Å²) in [7, 11) is 1.84. The standard InChI is InChI=1S/C11H20N2O3.2C6H5Cl/c1-12-4-9-16-10(11(12)14)2-3-13-5-7-15-8-6-13;2*7-6-4-2-1-3-5-6/h10H,2-9H2,1H3;2*1-5H. The molecular formula is C23H30Cl2N2O3. The van der Waals surface area contributed by atoms with Crippen molar-refractivity contribution in [1.29, 1.82) is 0 Å². The van der Waals surface area contributed by atoms with E-state index in [4.69, 9.17) is 32.7 Å². The molecule has 1 atom stereocenters. The first-order valence-electron chi connectivity index (χ1n) is 10.1. The number of amides is 1. The van der Waals surface area contributed by atoms with Gasteiger partial charge in [0, 0.05) is 43.3 Å². The number of halogens is 2. The quantitative estimate of drug-likeness (QED) is 0.697. The van der Waals surface area contributed by atoms with Gasteiger partial charge in [-0.3, -0.25) is 9.69 Å². The zero-order valence-corrected chi connectivity index (χ0v) is 18.9. The Balaban J connectivity index is 0.000000188. The predicted octanol–water partition coefficient (Wildman–Crippen LogP) is 4.25. The molecule has 0 bridgehead atoms. The van der Waals surface area contributed by atoms with Crippen molar-refractivity contribution in [3.05, 3.63) is 70.7 Å². The molecular weight excluding hydrogens is 423 g/mol. The van der Waals surface area contributed by atoms with E-state index in [9.17, 15) is 4.79 Å². The van der Waals surface area contributed by atoms with Crippen LogP contribution in [0.5, 0.6) is 0 Å². The van der Waals surface area contributed by atoms with Crippen molar-refractivity contribution >= 4 is 29.1 Å². The molecule has 30 heavy (non-hydrogen) atoms. The second-order valence-corrected chi connectivity index (χ2v) is 7.83. The fourth-order valence-electron chi connectivity index (χ4n) is 2.92. The van der Waals surface area contributed by atoms with Gasteiger partial charge < -0.3 is 14.4 Å². The van der Waals surface area contributed by atoms with E-state index in [1.54, 1.807) is 4.90 Å². The van der Waals surface area contributed by atoms with Gasteiger partial charge in [0.15, 0.2) is 0 Å². The molecule has 0 saturated carbocycles. The summed E-state index contributed by atoms with van der Waals surface area (Å²) >= 11 is 11.1. The van der Waals surface area contributed by atoms with E-state index in [0.717, 1.165) is 49.3 Å². The summed E-state index contributed by atoms with van der Waals surface area (Å²) in [6.07, 6.45) is 0.560. The molecule has 2 fully saturated rings. The maximum atomic E-state index is 11.8. The van der Waals surface area contributed by atoms with Gasteiger partial charge in [0.1, 0.15) is 6.10 Å². The molecule has 0 aliphatic carbocycles. The molecule has 0 aromatic heterocycles. The molecule has 2 aromatic carbocycles. The maximum Gasteiger partial charge on any atom is 0.251 e. The van der Waals surface area contributed by atoms with Gasteiger partial charge in [-0.15, -0.1) is 0 Å². The van der Waals surface area contributed by atoms with Crippen molar-refractivity contribution in [3.63, 3.8) is 0 Å². The van der Waals surface area contributed by atoms with E-state index in [1.807, 2.05) is 67.7 Å². The van der Waals surface area contributed by atoms with Crippen molar-refractivity contribution in [2.75, 3.05) is 53.0 Å². The summed E-state index contributed by atoms with van der Waals surface area (Å²) in [5, 5.41) is 1.59. The monoisotopic (exact) mass is 452 g/mol. The number of carbonyl (C=O) groups excluding carboxylic acids is 1. The van der Waals surface area contributed by atoms with Gasteiger partial charge in [0.05, 0.1) is 19.8 Å². The number of rotatable bonds is 3. The molecule has 0 radical (unpaired) electrons. The Morgan fingerprint density at radius 3 is 1.87 bits per heavy atom. The highest BCUT2D eigenvalue weighted by atomic mass is 35.5. The van der Waals surface area contributed by atoms with Crippen LogP contribution < -0.4 is 0 Å². The molecule has 7 heteroatoms. The van der Waals surface area contributed by atoms with E-state index < -0.39 is 0 Å². The lowest BCUT2D eigenvalue weighted by Gasteiger charge is -2.32. The predicted molar refractivity (Wildman–Crippen MR) is 122 cm³/mol. The number of benzene rings is 2. The number of likely N-dealkylation sites (N-methyl/N-ethyl adjacent to an activating group) is 1. The summed E-state index contributed by atoms with van der Waals surface area (Å²) < 4.78 is 10.8. The first-order valence-corrected chi connectivity index (χ1v) is 10.9. The fraction of sp³-hybridized carbons (Fsp3) is 0.435. The summed E-state index contributed by atoms with van der Waals surface area (Å²) in [4.78, 5) is 15.8. The molecule has 1 amide bonds. The SMILES string of the molecule is CN1CCOC(CCN2CCOCC2)C1=O.Clc1ccccc1.Clc1ccccc1. The van der Waals surface area contributed by atoms with Crippen LogP contribution in [0.1, 0.15) is 6.42 Å². The van der Waals surface area contributed by atoms with Crippen LogP contribution in [0.2, 0.25) is 10.0 Å². The Hall–Kier alpha value is -1.63. The first kappa shape index (κ1) is 24.6. The number of nitrogens with zero attached hydrogens (tertiary/aromatic N) is 2. The maximum absolute atomic E-state index is 11.8. The summed E-state index contributed by atoms with van der Waals surface area (Å²) in [5.41, 5.74) is 0. The lowest BCUT2D eigenvalue weighted by molar-refractivity contribution is -0.151. The molecule has 2 aliphatic heterocycles. The van der Waals surface area contributed by atoms with Gasteiger partial charge >= 0.3 is 0 Å². The number of ether oxygens (including phenoxy) is 2. The van der Waals surface area contributed by atoms with Crippen molar-refractivity contribution in [1.82, 2.24) is 9.80 Å². The molecule has 4 rings (SSSR count). The second kappa shape index (κ2) is 14.4.